The number of rotatable bonds is 4. The van der Waals surface area contributed by atoms with Crippen molar-refractivity contribution in [3.05, 3.63) is 58.9 Å². The summed E-state index contributed by atoms with van der Waals surface area (Å²) in [5, 5.41) is 3.50. The normalized spacial score (nSPS) is 19.7. The minimum atomic E-state index is -0.238. The fourth-order valence-corrected chi connectivity index (χ4v) is 4.51. The molecule has 0 radical (unpaired) electrons. The minimum Gasteiger partial charge on any atom is -0.348 e. The van der Waals surface area contributed by atoms with Crippen LogP contribution in [-0.2, 0) is 16.1 Å². The molecule has 27 heavy (non-hydrogen) atoms. The molecular formula is C21H24ClN3O2. The molecule has 0 spiro atoms. The highest BCUT2D eigenvalue weighted by molar-refractivity contribution is 6.31. The fraction of sp³-hybridized carbons (Fsp3) is 0.429. The summed E-state index contributed by atoms with van der Waals surface area (Å²) < 4.78 is 2.16. The van der Waals surface area contributed by atoms with Crippen LogP contribution in [0.3, 0.4) is 0 Å². The van der Waals surface area contributed by atoms with Crippen LogP contribution in [0.2, 0.25) is 5.02 Å². The van der Waals surface area contributed by atoms with Crippen LogP contribution < -0.4 is 5.32 Å². The van der Waals surface area contributed by atoms with Crippen LogP contribution in [0.1, 0.15) is 43.0 Å². The molecule has 1 saturated carbocycles. The number of amides is 2. The summed E-state index contributed by atoms with van der Waals surface area (Å²) in [6.45, 7) is 1.37. The Labute approximate surface area is 164 Å². The highest BCUT2D eigenvalue weighted by Crippen LogP contribution is 2.36. The van der Waals surface area contributed by atoms with Gasteiger partial charge in [-0.15, -0.1) is 0 Å². The maximum Gasteiger partial charge on any atom is 0.242 e. The quantitative estimate of drug-likeness (QED) is 0.877. The van der Waals surface area contributed by atoms with Crippen molar-refractivity contribution >= 4 is 23.4 Å². The number of hydrogen-bond donors (Lipinski definition) is 1. The zero-order chi connectivity index (χ0) is 18.8. The van der Waals surface area contributed by atoms with E-state index in [0.29, 0.717) is 11.6 Å². The van der Waals surface area contributed by atoms with E-state index < -0.39 is 0 Å². The molecule has 2 aliphatic rings. The largest absolute Gasteiger partial charge is 0.348 e. The van der Waals surface area contributed by atoms with Crippen LogP contribution in [0.5, 0.6) is 0 Å². The lowest BCUT2D eigenvalue weighted by molar-refractivity contribution is -0.135. The Hall–Kier alpha value is -2.27. The lowest BCUT2D eigenvalue weighted by Crippen LogP contribution is -2.47. The molecule has 1 N–H and O–H groups in total. The average Bonchev–Trinajstić information content (AvgIpc) is 3.37. The van der Waals surface area contributed by atoms with Crippen molar-refractivity contribution in [1.29, 1.82) is 0 Å². The maximum absolute atomic E-state index is 13.0. The van der Waals surface area contributed by atoms with E-state index in [0.717, 1.165) is 43.5 Å². The molecule has 5 nitrogen and oxygen atoms in total. The molecule has 1 atom stereocenters. The van der Waals surface area contributed by atoms with Gasteiger partial charge in [0.15, 0.2) is 0 Å². The highest BCUT2D eigenvalue weighted by atomic mass is 35.5. The number of halogens is 1. The first-order valence-electron chi connectivity index (χ1n) is 9.62. The molecule has 1 aliphatic heterocycles. The molecule has 1 aliphatic carbocycles. The van der Waals surface area contributed by atoms with Gasteiger partial charge in [-0.05, 0) is 36.6 Å². The number of fused-ring (bicyclic) bond motifs is 1. The zero-order valence-electron chi connectivity index (χ0n) is 15.2. The highest BCUT2D eigenvalue weighted by Gasteiger charge is 2.33. The molecule has 142 valence electrons. The Balaban J connectivity index is 1.54. The van der Waals surface area contributed by atoms with Crippen molar-refractivity contribution < 1.29 is 9.59 Å². The van der Waals surface area contributed by atoms with Gasteiger partial charge in [-0.3, -0.25) is 9.59 Å². The van der Waals surface area contributed by atoms with Gasteiger partial charge in [-0.1, -0.05) is 42.6 Å². The molecule has 6 heteroatoms. The predicted molar refractivity (Wildman–Crippen MR) is 104 cm³/mol. The molecule has 2 aromatic rings. The van der Waals surface area contributed by atoms with Gasteiger partial charge in [-0.2, -0.15) is 0 Å². The van der Waals surface area contributed by atoms with Gasteiger partial charge in [0.05, 0.1) is 12.6 Å². The number of nitrogens with zero attached hydrogens (tertiary/aromatic N) is 2. The van der Waals surface area contributed by atoms with Gasteiger partial charge in [0, 0.05) is 35.9 Å². The van der Waals surface area contributed by atoms with E-state index in [4.69, 9.17) is 11.6 Å². The average molecular weight is 386 g/mol. The number of hydrogen-bond acceptors (Lipinski definition) is 2. The molecule has 2 heterocycles. The second-order valence-corrected chi connectivity index (χ2v) is 7.74. The summed E-state index contributed by atoms with van der Waals surface area (Å²) >= 11 is 6.46. The standard InChI is InChI=1S/C21H24ClN3O2/c22-17-9-4-3-8-16(17)20-18-10-5-11-24(18)12-13-25(20)19(26)14-23-21(27)15-6-1-2-7-15/h3-5,8-11,15,20H,1-2,6-7,12-14H2,(H,23,27). The Morgan fingerprint density at radius 2 is 1.85 bits per heavy atom. The first kappa shape index (κ1) is 18.1. The summed E-state index contributed by atoms with van der Waals surface area (Å²) in [5.74, 6) is 0.00463. The Bertz CT molecular complexity index is 841. The summed E-state index contributed by atoms with van der Waals surface area (Å²) in [4.78, 5) is 27.1. The van der Waals surface area contributed by atoms with Crippen molar-refractivity contribution in [1.82, 2.24) is 14.8 Å². The van der Waals surface area contributed by atoms with Gasteiger partial charge in [0.25, 0.3) is 0 Å². The zero-order valence-corrected chi connectivity index (χ0v) is 16.0. The summed E-state index contributed by atoms with van der Waals surface area (Å²) in [6.07, 6.45) is 6.09. The summed E-state index contributed by atoms with van der Waals surface area (Å²) in [7, 11) is 0. The SMILES string of the molecule is O=C(NCC(=O)N1CCn2cccc2C1c1ccccc1Cl)C1CCCC1. The Morgan fingerprint density at radius 3 is 2.63 bits per heavy atom. The van der Waals surface area contributed by atoms with Crippen molar-refractivity contribution in [2.75, 3.05) is 13.1 Å². The molecule has 1 unspecified atom stereocenters. The van der Waals surface area contributed by atoms with Crippen LogP contribution in [0.25, 0.3) is 0 Å². The van der Waals surface area contributed by atoms with E-state index in [1.165, 1.54) is 0 Å². The molecule has 1 aromatic heterocycles. The van der Waals surface area contributed by atoms with E-state index in [9.17, 15) is 9.59 Å². The number of nitrogens with one attached hydrogen (secondary N) is 1. The number of benzene rings is 1. The van der Waals surface area contributed by atoms with Gasteiger partial charge in [0.2, 0.25) is 11.8 Å². The van der Waals surface area contributed by atoms with Crippen LogP contribution in [-0.4, -0.2) is 34.4 Å². The van der Waals surface area contributed by atoms with E-state index in [1.807, 2.05) is 47.5 Å². The third-order valence-electron chi connectivity index (χ3n) is 5.70. The second-order valence-electron chi connectivity index (χ2n) is 7.34. The van der Waals surface area contributed by atoms with Crippen LogP contribution in [0.15, 0.2) is 42.6 Å². The van der Waals surface area contributed by atoms with E-state index in [2.05, 4.69) is 9.88 Å². The molecular weight excluding hydrogens is 362 g/mol. The molecule has 2 amide bonds. The molecule has 0 saturated heterocycles. The number of carbonyl (C=O) groups excluding carboxylic acids is 2. The first-order chi connectivity index (χ1) is 13.1. The molecule has 1 fully saturated rings. The van der Waals surface area contributed by atoms with Gasteiger partial charge in [-0.25, -0.2) is 0 Å². The fourth-order valence-electron chi connectivity index (χ4n) is 4.27. The summed E-state index contributed by atoms with van der Waals surface area (Å²) in [6, 6.07) is 11.4. The second kappa shape index (κ2) is 7.77. The van der Waals surface area contributed by atoms with Crippen molar-refractivity contribution in [2.45, 2.75) is 38.3 Å². The smallest absolute Gasteiger partial charge is 0.242 e. The van der Waals surface area contributed by atoms with E-state index in [-0.39, 0.29) is 30.3 Å². The van der Waals surface area contributed by atoms with E-state index >= 15 is 0 Å². The molecule has 0 bridgehead atoms. The molecule has 4 rings (SSSR count). The third-order valence-corrected chi connectivity index (χ3v) is 6.04. The first-order valence-corrected chi connectivity index (χ1v) is 9.99. The number of carbonyl (C=O) groups is 2. The van der Waals surface area contributed by atoms with Gasteiger partial charge < -0.3 is 14.8 Å². The van der Waals surface area contributed by atoms with Gasteiger partial charge in [0.1, 0.15) is 0 Å². The lowest BCUT2D eigenvalue weighted by Gasteiger charge is -2.37. The topological polar surface area (TPSA) is 54.3 Å². The van der Waals surface area contributed by atoms with E-state index in [1.54, 1.807) is 0 Å². The number of aromatic nitrogens is 1. The minimum absolute atomic E-state index is 0.00975. The van der Waals surface area contributed by atoms with Crippen LogP contribution >= 0.6 is 11.6 Å². The van der Waals surface area contributed by atoms with Crippen molar-refractivity contribution in [2.24, 2.45) is 5.92 Å². The lowest BCUT2D eigenvalue weighted by atomic mass is 9.99. The van der Waals surface area contributed by atoms with Gasteiger partial charge >= 0.3 is 0 Å². The Morgan fingerprint density at radius 1 is 1.07 bits per heavy atom. The van der Waals surface area contributed by atoms with Crippen molar-refractivity contribution in [3.63, 3.8) is 0 Å². The Kier molecular flexibility index (Phi) is 5.21. The van der Waals surface area contributed by atoms with Crippen molar-refractivity contribution in [3.8, 4) is 0 Å². The summed E-state index contributed by atoms with van der Waals surface area (Å²) in [5.41, 5.74) is 1.96. The maximum atomic E-state index is 13.0. The molecule has 1 aromatic carbocycles. The monoisotopic (exact) mass is 385 g/mol. The van der Waals surface area contributed by atoms with Crippen LogP contribution in [0.4, 0.5) is 0 Å². The predicted octanol–water partition coefficient (Wildman–Crippen LogP) is 3.38. The third kappa shape index (κ3) is 3.61. The van der Waals surface area contributed by atoms with Crippen LogP contribution in [0, 0.1) is 5.92 Å².